The Bertz CT molecular complexity index is 1710. The van der Waals surface area contributed by atoms with Gasteiger partial charge in [0.15, 0.2) is 0 Å². The molecule has 4 aromatic carbocycles. The first kappa shape index (κ1) is 23.9. The lowest BCUT2D eigenvalue weighted by atomic mass is 9.94. The first-order chi connectivity index (χ1) is 17.9. The molecule has 5 rings (SSSR count). The number of methoxy groups -OCH3 is 1. The summed E-state index contributed by atoms with van der Waals surface area (Å²) in [6, 6.07) is 23.0. The highest BCUT2D eigenvalue weighted by Gasteiger charge is 2.19. The summed E-state index contributed by atoms with van der Waals surface area (Å²) in [4.78, 5) is 24.3. The minimum absolute atomic E-state index is 0.321. The summed E-state index contributed by atoms with van der Waals surface area (Å²) in [6.45, 7) is 3.81. The van der Waals surface area contributed by atoms with Crippen molar-refractivity contribution >= 4 is 44.8 Å². The van der Waals surface area contributed by atoms with Crippen LogP contribution in [0.5, 0.6) is 5.75 Å². The summed E-state index contributed by atoms with van der Waals surface area (Å²) >= 11 is 0. The molecule has 0 aliphatic carbocycles. The molecule has 3 N–H and O–H groups in total. The van der Waals surface area contributed by atoms with Gasteiger partial charge in [-0.25, -0.2) is 0 Å². The van der Waals surface area contributed by atoms with Gasteiger partial charge in [-0.3, -0.25) is 9.59 Å². The average Bonchev–Trinajstić information content (AvgIpc) is 3.32. The molecule has 0 saturated heterocycles. The number of hydrogen-bond donors (Lipinski definition) is 2. The number of rotatable bonds is 6. The van der Waals surface area contributed by atoms with Crippen molar-refractivity contribution in [2.24, 2.45) is 5.73 Å². The third-order valence-corrected chi connectivity index (χ3v) is 6.51. The zero-order valence-corrected chi connectivity index (χ0v) is 20.8. The van der Waals surface area contributed by atoms with Crippen molar-refractivity contribution in [3.8, 4) is 16.9 Å². The summed E-state index contributed by atoms with van der Waals surface area (Å²) in [7, 11) is 1.61. The molecule has 5 aromatic rings. The largest absolute Gasteiger partial charge is 0.496 e. The standard InChI is InChI=1S/C31H26N2O4/c1-18(14-28(34)33-22-11-6-10-21(15-22)31(32)35)25-16-26-27(17-37-30(26)19(2)29(25)36-3)24-13-7-9-20-8-4-5-12-23(20)24/h4-17H,1-3H3,(H2,32,35)(H,33,34)/b18-14+. The Labute approximate surface area is 214 Å². The lowest BCUT2D eigenvalue weighted by Gasteiger charge is -2.14. The Morgan fingerprint density at radius 3 is 2.49 bits per heavy atom. The number of aryl methyl sites for hydroxylation is 1. The quantitative estimate of drug-likeness (QED) is 0.259. The molecule has 0 spiro atoms. The first-order valence-electron chi connectivity index (χ1n) is 11.8. The Balaban J connectivity index is 1.58. The predicted octanol–water partition coefficient (Wildman–Crippen LogP) is 6.71. The van der Waals surface area contributed by atoms with Gasteiger partial charge in [0.25, 0.3) is 0 Å². The van der Waals surface area contributed by atoms with Gasteiger partial charge in [0.2, 0.25) is 11.8 Å². The number of furan rings is 1. The fourth-order valence-corrected chi connectivity index (χ4v) is 4.74. The van der Waals surface area contributed by atoms with E-state index < -0.39 is 5.91 Å². The highest BCUT2D eigenvalue weighted by molar-refractivity contribution is 6.08. The van der Waals surface area contributed by atoms with Gasteiger partial charge in [-0.1, -0.05) is 48.5 Å². The van der Waals surface area contributed by atoms with E-state index in [1.807, 2.05) is 38.1 Å². The molecule has 0 fully saturated rings. The third-order valence-electron chi connectivity index (χ3n) is 6.51. The lowest BCUT2D eigenvalue weighted by molar-refractivity contribution is -0.111. The second kappa shape index (κ2) is 9.66. The maximum atomic E-state index is 12.8. The average molecular weight is 491 g/mol. The van der Waals surface area contributed by atoms with Crippen LogP contribution in [0.15, 0.2) is 89.6 Å². The van der Waals surface area contributed by atoms with Crippen LogP contribution in [-0.2, 0) is 4.79 Å². The SMILES string of the molecule is COc1c(/C(C)=C/C(=O)Nc2cccc(C(N)=O)c2)cc2c(-c3cccc4ccccc34)coc2c1C. The van der Waals surface area contributed by atoms with E-state index in [-0.39, 0.29) is 5.91 Å². The van der Waals surface area contributed by atoms with Crippen LogP contribution in [-0.4, -0.2) is 18.9 Å². The van der Waals surface area contributed by atoms with Crippen LogP contribution < -0.4 is 15.8 Å². The Kier molecular flexibility index (Phi) is 6.24. The highest BCUT2D eigenvalue weighted by Crippen LogP contribution is 2.42. The van der Waals surface area contributed by atoms with Crippen LogP contribution in [0.4, 0.5) is 5.69 Å². The van der Waals surface area contributed by atoms with Crippen molar-refractivity contribution in [1.82, 2.24) is 0 Å². The molecule has 0 atom stereocenters. The minimum Gasteiger partial charge on any atom is -0.496 e. The number of carbonyl (C=O) groups excluding carboxylic acids is 2. The van der Waals surface area contributed by atoms with Gasteiger partial charge in [0.05, 0.1) is 13.4 Å². The summed E-state index contributed by atoms with van der Waals surface area (Å²) in [5.41, 5.74) is 11.3. The van der Waals surface area contributed by atoms with Gasteiger partial charge in [-0.05, 0) is 60.0 Å². The molecule has 0 saturated carbocycles. The molecule has 1 heterocycles. The molecule has 0 radical (unpaired) electrons. The molecule has 6 nitrogen and oxygen atoms in total. The summed E-state index contributed by atoms with van der Waals surface area (Å²) in [5.74, 6) is -0.248. The van der Waals surface area contributed by atoms with E-state index in [4.69, 9.17) is 14.9 Å². The van der Waals surface area contributed by atoms with Crippen molar-refractivity contribution in [3.05, 3.63) is 102 Å². The lowest BCUT2D eigenvalue weighted by Crippen LogP contribution is -2.13. The van der Waals surface area contributed by atoms with Crippen LogP contribution in [0, 0.1) is 6.92 Å². The first-order valence-corrected chi connectivity index (χ1v) is 11.8. The van der Waals surface area contributed by atoms with Gasteiger partial charge in [0, 0.05) is 39.4 Å². The minimum atomic E-state index is -0.557. The second-order valence-electron chi connectivity index (χ2n) is 8.90. The molecule has 184 valence electrons. The maximum Gasteiger partial charge on any atom is 0.248 e. The topological polar surface area (TPSA) is 94.6 Å². The molecule has 0 unspecified atom stereocenters. The number of fused-ring (bicyclic) bond motifs is 2. The van der Waals surface area contributed by atoms with E-state index in [0.717, 1.165) is 49.6 Å². The van der Waals surface area contributed by atoms with Crippen LogP contribution >= 0.6 is 0 Å². The monoisotopic (exact) mass is 490 g/mol. The molecule has 0 bridgehead atoms. The maximum absolute atomic E-state index is 12.8. The van der Waals surface area contributed by atoms with E-state index in [0.29, 0.717) is 17.0 Å². The smallest absolute Gasteiger partial charge is 0.248 e. The van der Waals surface area contributed by atoms with Crippen LogP contribution in [0.2, 0.25) is 0 Å². The van der Waals surface area contributed by atoms with Crippen molar-refractivity contribution in [1.29, 1.82) is 0 Å². The van der Waals surface area contributed by atoms with Gasteiger partial charge in [0.1, 0.15) is 11.3 Å². The van der Waals surface area contributed by atoms with Gasteiger partial charge in [-0.2, -0.15) is 0 Å². The van der Waals surface area contributed by atoms with E-state index in [2.05, 4.69) is 29.6 Å². The van der Waals surface area contributed by atoms with Gasteiger partial charge in [-0.15, -0.1) is 0 Å². The summed E-state index contributed by atoms with van der Waals surface area (Å²) in [5, 5.41) is 6.01. The van der Waals surface area contributed by atoms with Crippen molar-refractivity contribution in [2.45, 2.75) is 13.8 Å². The number of anilines is 1. The summed E-state index contributed by atoms with van der Waals surface area (Å²) < 4.78 is 11.8. The molecule has 0 aliphatic rings. The molecule has 0 aliphatic heterocycles. The van der Waals surface area contributed by atoms with Crippen molar-refractivity contribution in [2.75, 3.05) is 12.4 Å². The molecule has 37 heavy (non-hydrogen) atoms. The normalized spacial score (nSPS) is 11.6. The van der Waals surface area contributed by atoms with E-state index in [1.165, 1.54) is 6.08 Å². The Morgan fingerprint density at radius 2 is 1.70 bits per heavy atom. The molecular formula is C31H26N2O4. The highest BCUT2D eigenvalue weighted by atomic mass is 16.5. The zero-order valence-electron chi connectivity index (χ0n) is 20.8. The zero-order chi connectivity index (χ0) is 26.1. The predicted molar refractivity (Wildman–Crippen MR) is 148 cm³/mol. The molecule has 1 aromatic heterocycles. The van der Waals surface area contributed by atoms with E-state index in [1.54, 1.807) is 37.6 Å². The number of amides is 2. The van der Waals surface area contributed by atoms with Crippen LogP contribution in [0.1, 0.15) is 28.4 Å². The van der Waals surface area contributed by atoms with Gasteiger partial charge >= 0.3 is 0 Å². The van der Waals surface area contributed by atoms with Crippen LogP contribution in [0.25, 0.3) is 38.4 Å². The second-order valence-corrected chi connectivity index (χ2v) is 8.90. The molecular weight excluding hydrogens is 464 g/mol. The number of benzene rings is 4. The number of nitrogens with two attached hydrogens (primary N) is 1. The fourth-order valence-electron chi connectivity index (χ4n) is 4.74. The van der Waals surface area contributed by atoms with Crippen molar-refractivity contribution in [3.63, 3.8) is 0 Å². The number of ether oxygens (including phenoxy) is 1. The van der Waals surface area contributed by atoms with Gasteiger partial charge < -0.3 is 20.2 Å². The number of hydrogen-bond acceptors (Lipinski definition) is 4. The van der Waals surface area contributed by atoms with E-state index in [9.17, 15) is 9.59 Å². The van der Waals surface area contributed by atoms with E-state index >= 15 is 0 Å². The van der Waals surface area contributed by atoms with Crippen LogP contribution in [0.3, 0.4) is 0 Å². The number of nitrogens with one attached hydrogen (secondary N) is 1. The number of primary amides is 1. The Hall–Kier alpha value is -4.84. The fraction of sp³-hybridized carbons (Fsp3) is 0.0968. The number of carbonyl (C=O) groups is 2. The summed E-state index contributed by atoms with van der Waals surface area (Å²) in [6.07, 6.45) is 3.29. The Morgan fingerprint density at radius 1 is 0.946 bits per heavy atom. The molecule has 2 amide bonds. The third kappa shape index (κ3) is 4.45. The van der Waals surface area contributed by atoms with Crippen molar-refractivity contribution < 1.29 is 18.7 Å². The number of allylic oxidation sites excluding steroid dienone is 1. The molecule has 6 heteroatoms.